The van der Waals surface area contributed by atoms with Crippen LogP contribution in [0, 0.1) is 0 Å². The van der Waals surface area contributed by atoms with Gasteiger partial charge in [-0.25, -0.2) is 4.79 Å². The lowest BCUT2D eigenvalue weighted by Crippen LogP contribution is -2.28. The molecule has 0 aromatic heterocycles. The third kappa shape index (κ3) is 4.02. The predicted molar refractivity (Wildman–Crippen MR) is 72.5 cm³/mol. The number of carbonyl (C=O) groups is 1. The van der Waals surface area contributed by atoms with Crippen LogP contribution >= 0.6 is 0 Å². The van der Waals surface area contributed by atoms with Crippen molar-refractivity contribution >= 4 is 6.09 Å². The van der Waals surface area contributed by atoms with Crippen molar-refractivity contribution in [3.63, 3.8) is 0 Å². The van der Waals surface area contributed by atoms with Gasteiger partial charge in [-0.3, -0.25) is 0 Å². The Morgan fingerprint density at radius 2 is 2.00 bits per heavy atom. The Morgan fingerprint density at radius 1 is 1.26 bits per heavy atom. The summed E-state index contributed by atoms with van der Waals surface area (Å²) in [5, 5.41) is 2.71. The highest BCUT2D eigenvalue weighted by Crippen LogP contribution is 2.28. The first-order chi connectivity index (χ1) is 9.29. The Labute approximate surface area is 113 Å². The summed E-state index contributed by atoms with van der Waals surface area (Å²) in [6.45, 7) is 0.686. The number of alkyl carbamates (subject to hydrolysis) is 1. The van der Waals surface area contributed by atoms with Crippen LogP contribution in [0.2, 0.25) is 0 Å². The van der Waals surface area contributed by atoms with Crippen molar-refractivity contribution in [2.45, 2.75) is 25.9 Å². The number of carbonyl (C=O) groups excluding carboxylic acids is 1. The van der Waals surface area contributed by atoms with Gasteiger partial charge >= 0.3 is 6.09 Å². The number of hydrogen-bond donors (Lipinski definition) is 1. The van der Waals surface area contributed by atoms with Crippen LogP contribution in [0.15, 0.2) is 41.7 Å². The second-order valence-corrected chi connectivity index (χ2v) is 4.50. The van der Waals surface area contributed by atoms with Crippen LogP contribution in [0.5, 0.6) is 0 Å². The van der Waals surface area contributed by atoms with Crippen LogP contribution in [0.3, 0.4) is 0 Å². The third-order valence-corrected chi connectivity index (χ3v) is 3.20. The molecular formula is C15H19NO3. The van der Waals surface area contributed by atoms with E-state index in [-0.39, 0.29) is 6.61 Å². The summed E-state index contributed by atoms with van der Waals surface area (Å²) < 4.78 is 10.4. The first-order valence-electron chi connectivity index (χ1n) is 6.49. The van der Waals surface area contributed by atoms with Gasteiger partial charge in [0.05, 0.1) is 13.7 Å². The van der Waals surface area contributed by atoms with E-state index in [1.165, 1.54) is 12.0 Å². The molecule has 2 rings (SSSR count). The van der Waals surface area contributed by atoms with Gasteiger partial charge in [0.2, 0.25) is 0 Å². The van der Waals surface area contributed by atoms with Crippen molar-refractivity contribution in [1.82, 2.24) is 5.32 Å². The van der Waals surface area contributed by atoms with Crippen LogP contribution in [-0.4, -0.2) is 19.7 Å². The molecule has 0 heterocycles. The normalized spacial score (nSPS) is 13.4. The molecule has 0 bridgehead atoms. The topological polar surface area (TPSA) is 47.6 Å². The summed E-state index contributed by atoms with van der Waals surface area (Å²) in [4.78, 5) is 11.6. The van der Waals surface area contributed by atoms with E-state index in [0.717, 1.165) is 24.2 Å². The van der Waals surface area contributed by atoms with Crippen molar-refractivity contribution in [2.75, 3.05) is 13.7 Å². The zero-order valence-corrected chi connectivity index (χ0v) is 11.1. The smallest absolute Gasteiger partial charge is 0.407 e. The maximum absolute atomic E-state index is 11.6. The van der Waals surface area contributed by atoms with Crippen LogP contribution < -0.4 is 5.32 Å². The lowest BCUT2D eigenvalue weighted by atomic mass is 9.91. The molecule has 1 saturated carbocycles. The highest BCUT2D eigenvalue weighted by molar-refractivity contribution is 5.67. The van der Waals surface area contributed by atoms with Crippen molar-refractivity contribution in [2.24, 2.45) is 0 Å². The van der Waals surface area contributed by atoms with E-state index in [9.17, 15) is 4.79 Å². The lowest BCUT2D eigenvalue weighted by Gasteiger charge is -2.21. The van der Waals surface area contributed by atoms with Gasteiger partial charge in [0.15, 0.2) is 0 Å². The summed E-state index contributed by atoms with van der Waals surface area (Å²) in [6.07, 6.45) is 2.94. The Kier molecular flexibility index (Phi) is 4.84. The Hall–Kier alpha value is -1.97. The van der Waals surface area contributed by atoms with Crippen molar-refractivity contribution in [3.05, 3.63) is 47.2 Å². The molecule has 102 valence electrons. The second kappa shape index (κ2) is 6.83. The highest BCUT2D eigenvalue weighted by atomic mass is 16.5. The summed E-state index contributed by atoms with van der Waals surface area (Å²) in [6, 6.07) is 9.61. The molecule has 1 aromatic carbocycles. The largest absolute Gasteiger partial charge is 0.499 e. The van der Waals surface area contributed by atoms with E-state index in [2.05, 4.69) is 5.32 Å². The average molecular weight is 261 g/mol. The van der Waals surface area contributed by atoms with E-state index >= 15 is 0 Å². The molecule has 0 unspecified atom stereocenters. The minimum atomic E-state index is -0.418. The molecule has 1 aliphatic rings. The maximum Gasteiger partial charge on any atom is 0.407 e. The molecule has 0 radical (unpaired) electrons. The van der Waals surface area contributed by atoms with E-state index < -0.39 is 6.09 Å². The number of methoxy groups -OCH3 is 1. The maximum atomic E-state index is 11.6. The van der Waals surface area contributed by atoms with Crippen molar-refractivity contribution in [1.29, 1.82) is 0 Å². The van der Waals surface area contributed by atoms with Gasteiger partial charge in [-0.2, -0.15) is 0 Å². The molecule has 0 saturated heterocycles. The SMILES string of the molecule is COC(CNC(=O)OCc1ccccc1)=C1CCC1. The van der Waals surface area contributed by atoms with Crippen molar-refractivity contribution in [3.8, 4) is 0 Å². The monoisotopic (exact) mass is 261 g/mol. The van der Waals surface area contributed by atoms with Crippen LogP contribution in [0.25, 0.3) is 0 Å². The van der Waals surface area contributed by atoms with Gasteiger partial charge in [-0.05, 0) is 30.4 Å². The third-order valence-electron chi connectivity index (χ3n) is 3.20. The van der Waals surface area contributed by atoms with Crippen LogP contribution in [-0.2, 0) is 16.1 Å². The predicted octanol–water partition coefficient (Wildman–Crippen LogP) is 3.00. The highest BCUT2D eigenvalue weighted by Gasteiger charge is 2.15. The Bertz CT molecular complexity index is 448. The van der Waals surface area contributed by atoms with E-state index in [1.807, 2.05) is 30.3 Å². The van der Waals surface area contributed by atoms with Gasteiger partial charge in [-0.1, -0.05) is 30.3 Å². The molecule has 4 heteroatoms. The summed E-state index contributed by atoms with van der Waals surface area (Å²) in [5.41, 5.74) is 2.27. The van der Waals surface area contributed by atoms with E-state index in [4.69, 9.17) is 9.47 Å². The van der Waals surface area contributed by atoms with Gasteiger partial charge in [0.1, 0.15) is 12.4 Å². The minimum Gasteiger partial charge on any atom is -0.499 e. The van der Waals surface area contributed by atoms with Gasteiger partial charge in [-0.15, -0.1) is 0 Å². The van der Waals surface area contributed by atoms with Crippen molar-refractivity contribution < 1.29 is 14.3 Å². The number of allylic oxidation sites excluding steroid dienone is 1. The number of ether oxygens (including phenoxy) is 2. The Balaban J connectivity index is 1.73. The van der Waals surface area contributed by atoms with Gasteiger partial charge in [0.25, 0.3) is 0 Å². The number of hydrogen-bond acceptors (Lipinski definition) is 3. The zero-order chi connectivity index (χ0) is 13.5. The molecule has 0 spiro atoms. The first-order valence-corrected chi connectivity index (χ1v) is 6.49. The molecule has 4 nitrogen and oxygen atoms in total. The number of rotatable bonds is 5. The standard InChI is InChI=1S/C15H19NO3/c1-18-14(13-8-5-9-13)10-16-15(17)19-11-12-6-3-2-4-7-12/h2-4,6-7H,5,8-11H2,1H3,(H,16,17). The lowest BCUT2D eigenvalue weighted by molar-refractivity contribution is 0.138. The quantitative estimate of drug-likeness (QED) is 0.829. The average Bonchev–Trinajstić information content (AvgIpc) is 2.40. The first kappa shape index (κ1) is 13.5. The fourth-order valence-corrected chi connectivity index (χ4v) is 1.90. The van der Waals surface area contributed by atoms with E-state index in [0.29, 0.717) is 6.54 Å². The van der Waals surface area contributed by atoms with Gasteiger partial charge < -0.3 is 14.8 Å². The summed E-state index contributed by atoms with van der Waals surface area (Å²) in [7, 11) is 1.64. The fraction of sp³-hybridized carbons (Fsp3) is 0.400. The Morgan fingerprint density at radius 3 is 2.58 bits per heavy atom. The molecule has 1 N–H and O–H groups in total. The molecule has 19 heavy (non-hydrogen) atoms. The summed E-state index contributed by atoms with van der Waals surface area (Å²) >= 11 is 0. The fourth-order valence-electron chi connectivity index (χ4n) is 1.90. The second-order valence-electron chi connectivity index (χ2n) is 4.50. The zero-order valence-electron chi connectivity index (χ0n) is 11.1. The molecule has 0 atom stereocenters. The molecular weight excluding hydrogens is 242 g/mol. The van der Waals surface area contributed by atoms with Gasteiger partial charge in [0, 0.05) is 0 Å². The molecule has 1 amide bonds. The summed E-state index contributed by atoms with van der Waals surface area (Å²) in [5.74, 6) is 0.864. The molecule has 0 aliphatic heterocycles. The van der Waals surface area contributed by atoms with Crippen LogP contribution in [0.1, 0.15) is 24.8 Å². The number of amides is 1. The molecule has 1 fully saturated rings. The van der Waals surface area contributed by atoms with Crippen LogP contribution in [0.4, 0.5) is 4.79 Å². The number of nitrogens with one attached hydrogen (secondary N) is 1. The van der Waals surface area contributed by atoms with E-state index in [1.54, 1.807) is 7.11 Å². The number of benzene rings is 1. The molecule has 1 aliphatic carbocycles. The molecule has 1 aromatic rings. The minimum absolute atomic E-state index is 0.283.